The van der Waals surface area contributed by atoms with Crippen molar-refractivity contribution in [3.8, 4) is 0 Å². The number of ether oxygens (including phenoxy) is 1. The first-order valence-electron chi connectivity index (χ1n) is 6.77. The third-order valence-corrected chi connectivity index (χ3v) is 3.18. The molecule has 0 bridgehead atoms. The van der Waals surface area contributed by atoms with Gasteiger partial charge in [-0.05, 0) is 13.8 Å². The van der Waals surface area contributed by atoms with E-state index in [1.807, 2.05) is 4.90 Å². The first-order chi connectivity index (χ1) is 9.92. The van der Waals surface area contributed by atoms with E-state index >= 15 is 0 Å². The summed E-state index contributed by atoms with van der Waals surface area (Å²) in [6.45, 7) is 6.04. The van der Waals surface area contributed by atoms with Crippen molar-refractivity contribution >= 4 is 23.8 Å². The fourth-order valence-corrected chi connectivity index (χ4v) is 1.78. The molecule has 9 nitrogen and oxygen atoms in total. The lowest BCUT2D eigenvalue weighted by Gasteiger charge is -2.28. The first-order valence-corrected chi connectivity index (χ1v) is 6.77. The molecule has 0 radical (unpaired) electrons. The van der Waals surface area contributed by atoms with Crippen LogP contribution in [0.25, 0.3) is 0 Å². The van der Waals surface area contributed by atoms with E-state index in [-0.39, 0.29) is 0 Å². The van der Waals surface area contributed by atoms with E-state index in [0.29, 0.717) is 44.1 Å². The summed E-state index contributed by atoms with van der Waals surface area (Å²) in [6.07, 6.45) is 0. The van der Waals surface area contributed by atoms with Crippen molar-refractivity contribution < 1.29 is 9.53 Å². The Balaban J connectivity index is 2.27. The smallest absolute Gasteiger partial charge is 0.242 e. The van der Waals surface area contributed by atoms with Crippen molar-refractivity contribution in [2.45, 2.75) is 19.4 Å². The molecule has 1 aromatic rings. The third-order valence-electron chi connectivity index (χ3n) is 3.18. The number of hydrogen-bond acceptors (Lipinski definition) is 8. The topological polar surface area (TPSA) is 118 Å². The summed E-state index contributed by atoms with van der Waals surface area (Å²) in [4.78, 5) is 26.3. The van der Waals surface area contributed by atoms with Crippen LogP contribution in [0, 0.1) is 0 Å². The number of hydrogen-bond donors (Lipinski definition) is 3. The van der Waals surface area contributed by atoms with Gasteiger partial charge in [0.15, 0.2) is 0 Å². The number of nitrogens with two attached hydrogens (primary N) is 1. The predicted molar refractivity (Wildman–Crippen MR) is 79.3 cm³/mol. The number of carbonyl (C=O) groups excluding carboxylic acids is 1. The van der Waals surface area contributed by atoms with E-state index in [1.54, 1.807) is 20.9 Å². The van der Waals surface area contributed by atoms with Gasteiger partial charge in [-0.15, -0.1) is 0 Å². The molecule has 0 aromatic carbocycles. The van der Waals surface area contributed by atoms with Gasteiger partial charge in [-0.3, -0.25) is 4.79 Å². The molecule has 1 aliphatic heterocycles. The average molecular weight is 295 g/mol. The number of primary amides is 1. The highest BCUT2D eigenvalue weighted by Crippen LogP contribution is 2.17. The quantitative estimate of drug-likeness (QED) is 0.660. The van der Waals surface area contributed by atoms with Crippen LogP contribution in [0.15, 0.2) is 0 Å². The van der Waals surface area contributed by atoms with Gasteiger partial charge < -0.3 is 26.0 Å². The lowest BCUT2D eigenvalue weighted by molar-refractivity contribution is -0.121. The molecule has 2 heterocycles. The highest BCUT2D eigenvalue weighted by atomic mass is 16.5. The average Bonchev–Trinajstić information content (AvgIpc) is 2.47. The molecule has 1 aliphatic rings. The molecule has 1 amide bonds. The maximum absolute atomic E-state index is 11.4. The van der Waals surface area contributed by atoms with Gasteiger partial charge in [0.05, 0.1) is 13.2 Å². The zero-order valence-electron chi connectivity index (χ0n) is 12.5. The van der Waals surface area contributed by atoms with Crippen LogP contribution < -0.4 is 21.3 Å². The Bertz CT molecular complexity index is 514. The van der Waals surface area contributed by atoms with Crippen LogP contribution in [-0.2, 0) is 9.53 Å². The molecule has 0 saturated carbocycles. The van der Waals surface area contributed by atoms with Crippen LogP contribution in [-0.4, -0.2) is 59.7 Å². The van der Waals surface area contributed by atoms with Crippen LogP contribution in [0.2, 0.25) is 0 Å². The summed E-state index contributed by atoms with van der Waals surface area (Å²) >= 11 is 0. The van der Waals surface area contributed by atoms with Crippen molar-refractivity contribution in [1.29, 1.82) is 0 Å². The van der Waals surface area contributed by atoms with Crippen molar-refractivity contribution in [2.24, 2.45) is 5.73 Å². The largest absolute Gasteiger partial charge is 0.378 e. The minimum atomic E-state index is -0.950. The Kier molecular flexibility index (Phi) is 4.41. The molecule has 21 heavy (non-hydrogen) atoms. The summed E-state index contributed by atoms with van der Waals surface area (Å²) < 4.78 is 5.31. The van der Waals surface area contributed by atoms with Crippen molar-refractivity contribution in [1.82, 2.24) is 15.0 Å². The van der Waals surface area contributed by atoms with E-state index in [2.05, 4.69) is 25.6 Å². The summed E-state index contributed by atoms with van der Waals surface area (Å²) in [5.41, 5.74) is 4.40. The molecule has 0 spiro atoms. The van der Waals surface area contributed by atoms with Crippen molar-refractivity contribution in [3.63, 3.8) is 0 Å². The minimum absolute atomic E-state index is 0.305. The van der Waals surface area contributed by atoms with Gasteiger partial charge in [0, 0.05) is 20.1 Å². The van der Waals surface area contributed by atoms with Crippen LogP contribution in [0.1, 0.15) is 13.8 Å². The predicted octanol–water partition coefficient (Wildman–Crippen LogP) is -0.574. The fraction of sp³-hybridized carbons (Fsp3) is 0.667. The first kappa shape index (κ1) is 15.2. The zero-order valence-corrected chi connectivity index (χ0v) is 12.5. The highest BCUT2D eigenvalue weighted by Gasteiger charge is 2.26. The van der Waals surface area contributed by atoms with Gasteiger partial charge in [-0.1, -0.05) is 0 Å². The third kappa shape index (κ3) is 3.69. The van der Waals surface area contributed by atoms with E-state index in [1.165, 1.54) is 0 Å². The van der Waals surface area contributed by atoms with Crippen LogP contribution in [0.3, 0.4) is 0 Å². The van der Waals surface area contributed by atoms with Crippen LogP contribution in [0.4, 0.5) is 17.8 Å². The number of carbonyl (C=O) groups is 1. The van der Waals surface area contributed by atoms with E-state index in [4.69, 9.17) is 10.5 Å². The lowest BCUT2D eigenvalue weighted by Crippen LogP contribution is -2.45. The second-order valence-corrected chi connectivity index (χ2v) is 5.25. The van der Waals surface area contributed by atoms with Gasteiger partial charge in [0.25, 0.3) is 0 Å². The van der Waals surface area contributed by atoms with Gasteiger partial charge >= 0.3 is 0 Å². The number of anilines is 3. The normalized spacial score (nSPS) is 15.7. The Hall–Kier alpha value is -2.16. The summed E-state index contributed by atoms with van der Waals surface area (Å²) in [5, 5.41) is 5.82. The zero-order chi connectivity index (χ0) is 15.5. The van der Waals surface area contributed by atoms with Crippen molar-refractivity contribution in [3.05, 3.63) is 0 Å². The summed E-state index contributed by atoms with van der Waals surface area (Å²) in [7, 11) is 1.72. The van der Waals surface area contributed by atoms with Gasteiger partial charge in [-0.25, -0.2) is 0 Å². The second kappa shape index (κ2) is 6.08. The van der Waals surface area contributed by atoms with Crippen molar-refractivity contribution in [2.75, 3.05) is 48.9 Å². The Morgan fingerprint density at radius 3 is 2.43 bits per heavy atom. The number of aromatic nitrogens is 3. The molecule has 9 heteroatoms. The maximum Gasteiger partial charge on any atom is 0.242 e. The molecule has 2 rings (SSSR count). The molecular weight excluding hydrogens is 274 g/mol. The Morgan fingerprint density at radius 2 is 1.86 bits per heavy atom. The van der Waals surface area contributed by atoms with Crippen LogP contribution >= 0.6 is 0 Å². The van der Waals surface area contributed by atoms with Gasteiger partial charge in [0.2, 0.25) is 23.8 Å². The summed E-state index contributed by atoms with van der Waals surface area (Å²) in [5.74, 6) is 0.788. The molecule has 1 saturated heterocycles. The van der Waals surface area contributed by atoms with E-state index < -0.39 is 11.4 Å². The molecular formula is C12H21N7O2. The van der Waals surface area contributed by atoms with E-state index in [9.17, 15) is 4.79 Å². The number of amides is 1. The lowest BCUT2D eigenvalue weighted by atomic mass is 10.1. The molecule has 1 fully saturated rings. The summed E-state index contributed by atoms with van der Waals surface area (Å²) in [6, 6.07) is 0. The minimum Gasteiger partial charge on any atom is -0.378 e. The molecule has 116 valence electrons. The van der Waals surface area contributed by atoms with Gasteiger partial charge in [-0.2, -0.15) is 15.0 Å². The Morgan fingerprint density at radius 1 is 1.24 bits per heavy atom. The van der Waals surface area contributed by atoms with Gasteiger partial charge in [0.1, 0.15) is 5.54 Å². The monoisotopic (exact) mass is 295 g/mol. The highest BCUT2D eigenvalue weighted by molar-refractivity contribution is 5.86. The Labute approximate surface area is 123 Å². The number of nitrogens with zero attached hydrogens (tertiary/aromatic N) is 4. The molecule has 0 unspecified atom stereocenters. The molecule has 0 atom stereocenters. The molecule has 0 aliphatic carbocycles. The number of nitrogens with one attached hydrogen (secondary N) is 2. The maximum atomic E-state index is 11.4. The molecule has 4 N–H and O–H groups in total. The van der Waals surface area contributed by atoms with Crippen LogP contribution in [0.5, 0.6) is 0 Å². The number of rotatable bonds is 5. The van der Waals surface area contributed by atoms with E-state index in [0.717, 1.165) is 0 Å². The fourth-order valence-electron chi connectivity index (χ4n) is 1.78. The standard InChI is InChI=1S/C12H21N7O2/c1-12(2,8(13)20)18-10-15-9(14-3)16-11(17-10)19-4-6-21-7-5-19/h4-7H2,1-3H3,(H2,13,20)(H2,14,15,16,17,18). The SMILES string of the molecule is CNc1nc(NC(C)(C)C(N)=O)nc(N2CCOCC2)n1. The number of morpholine rings is 1. The second-order valence-electron chi connectivity index (χ2n) is 5.25. The molecule has 1 aromatic heterocycles.